The Bertz CT molecular complexity index is 798. The first-order chi connectivity index (χ1) is 13.7. The molecule has 1 aliphatic heterocycles. The van der Waals surface area contributed by atoms with Gasteiger partial charge in [0.15, 0.2) is 0 Å². The molecule has 3 rings (SSSR count). The van der Waals surface area contributed by atoms with Crippen molar-refractivity contribution in [3.05, 3.63) is 42.1 Å². The summed E-state index contributed by atoms with van der Waals surface area (Å²) < 4.78 is 5.16. The maximum absolute atomic E-state index is 5.18. The van der Waals surface area contributed by atoms with E-state index in [-0.39, 0.29) is 0 Å². The molecule has 0 radical (unpaired) electrons. The molecule has 4 heteroatoms. The smallest absolute Gasteiger partial charge is 0.212 e. The second-order valence-corrected chi connectivity index (χ2v) is 7.73. The van der Waals surface area contributed by atoms with Crippen LogP contribution < -0.4 is 10.1 Å². The minimum Gasteiger partial charge on any atom is -0.481 e. The minimum atomic E-state index is 0.571. The van der Waals surface area contributed by atoms with Crippen LogP contribution in [0.1, 0.15) is 45.1 Å². The fourth-order valence-electron chi connectivity index (χ4n) is 4.02. The average Bonchev–Trinajstić information content (AvgIpc) is 3.21. The number of nitrogens with zero attached hydrogens (tertiary/aromatic N) is 2. The lowest BCUT2D eigenvalue weighted by Gasteiger charge is -2.20. The molecule has 2 aromatic rings. The summed E-state index contributed by atoms with van der Waals surface area (Å²) in [4.78, 5) is 9.50. The average molecular weight is 380 g/mol. The van der Waals surface area contributed by atoms with E-state index >= 15 is 0 Å². The van der Waals surface area contributed by atoms with Crippen molar-refractivity contribution in [3.8, 4) is 17.0 Å². The summed E-state index contributed by atoms with van der Waals surface area (Å²) in [5.41, 5.74) is 5.94. The van der Waals surface area contributed by atoms with Gasteiger partial charge in [-0.15, -0.1) is 0 Å². The Morgan fingerprint density at radius 1 is 1.18 bits per heavy atom. The lowest BCUT2D eigenvalue weighted by Crippen LogP contribution is -2.22. The fourth-order valence-corrected chi connectivity index (χ4v) is 4.02. The first-order valence-electron chi connectivity index (χ1n) is 10.6. The molecule has 4 nitrogen and oxygen atoms in total. The molecule has 28 heavy (non-hydrogen) atoms. The van der Waals surface area contributed by atoms with E-state index in [2.05, 4.69) is 49.3 Å². The summed E-state index contributed by atoms with van der Waals surface area (Å²) in [6.07, 6.45) is 6.59. The van der Waals surface area contributed by atoms with Crippen molar-refractivity contribution in [1.29, 1.82) is 0 Å². The second-order valence-electron chi connectivity index (χ2n) is 7.73. The fraction of sp³-hybridized carbons (Fsp3) is 0.500. The molecule has 2 atom stereocenters. The van der Waals surface area contributed by atoms with Gasteiger partial charge < -0.3 is 10.1 Å². The molecule has 2 unspecified atom stereocenters. The van der Waals surface area contributed by atoms with Crippen LogP contribution >= 0.6 is 0 Å². The Balaban J connectivity index is 1.87. The van der Waals surface area contributed by atoms with Gasteiger partial charge in [0, 0.05) is 36.0 Å². The lowest BCUT2D eigenvalue weighted by atomic mass is 9.87. The lowest BCUT2D eigenvalue weighted by molar-refractivity contribution is 0.398. The highest BCUT2D eigenvalue weighted by molar-refractivity contribution is 5.90. The van der Waals surface area contributed by atoms with Gasteiger partial charge in [-0.3, -0.25) is 4.99 Å². The van der Waals surface area contributed by atoms with Gasteiger partial charge >= 0.3 is 0 Å². The van der Waals surface area contributed by atoms with E-state index in [1.807, 2.05) is 18.3 Å². The normalized spacial score (nSPS) is 19.8. The largest absolute Gasteiger partial charge is 0.481 e. The van der Waals surface area contributed by atoms with Crippen LogP contribution in [0.2, 0.25) is 0 Å². The van der Waals surface area contributed by atoms with Gasteiger partial charge in [0.2, 0.25) is 5.88 Å². The zero-order valence-electron chi connectivity index (χ0n) is 17.7. The monoisotopic (exact) mass is 379 g/mol. The van der Waals surface area contributed by atoms with Gasteiger partial charge in [-0.05, 0) is 61.6 Å². The number of methoxy groups -OCH3 is 1. The maximum atomic E-state index is 5.18. The Morgan fingerprint density at radius 2 is 2.00 bits per heavy atom. The van der Waals surface area contributed by atoms with Crippen LogP contribution in [0.25, 0.3) is 11.1 Å². The molecule has 1 aliphatic rings. The van der Waals surface area contributed by atoms with Gasteiger partial charge in [0.05, 0.1) is 12.8 Å². The summed E-state index contributed by atoms with van der Waals surface area (Å²) in [5.74, 6) is 1.92. The number of hydrogen-bond acceptors (Lipinski definition) is 4. The molecule has 2 heterocycles. The molecule has 0 aliphatic carbocycles. The number of pyridine rings is 1. The molecule has 0 amide bonds. The first kappa shape index (κ1) is 20.5. The number of ether oxygens (including phenoxy) is 1. The van der Waals surface area contributed by atoms with Crippen LogP contribution in [0.3, 0.4) is 0 Å². The standard InChI is InChI=1S/C24H33N3O/c1-5-7-8-23(21-16-25-14-18(21)6-2)27-22-11-9-19(13-17(22)3)20-10-12-24(28-4)26-15-20/h9-13,15,18,21,25H,5-8,14,16H2,1-4H3. The SMILES string of the molecule is CCCCC(=Nc1ccc(-c2ccc(OC)nc2)cc1C)C1CNCC1CC. The van der Waals surface area contributed by atoms with Crippen LogP contribution in [0.15, 0.2) is 41.5 Å². The number of benzene rings is 1. The quantitative estimate of drug-likeness (QED) is 0.610. The number of aromatic nitrogens is 1. The van der Waals surface area contributed by atoms with Crippen molar-refractivity contribution in [2.75, 3.05) is 20.2 Å². The maximum Gasteiger partial charge on any atom is 0.212 e. The first-order valence-corrected chi connectivity index (χ1v) is 10.6. The second kappa shape index (κ2) is 9.83. The molecule has 0 saturated carbocycles. The van der Waals surface area contributed by atoms with Crippen molar-refractivity contribution in [2.24, 2.45) is 16.8 Å². The molecule has 1 aromatic heterocycles. The number of aryl methyl sites for hydroxylation is 1. The predicted molar refractivity (Wildman–Crippen MR) is 118 cm³/mol. The Hall–Kier alpha value is -2.20. The van der Waals surface area contributed by atoms with Crippen LogP contribution in [0.5, 0.6) is 5.88 Å². The predicted octanol–water partition coefficient (Wildman–Crippen LogP) is 5.57. The molecular formula is C24H33N3O. The van der Waals surface area contributed by atoms with Crippen molar-refractivity contribution in [3.63, 3.8) is 0 Å². The van der Waals surface area contributed by atoms with Crippen LogP contribution in [0.4, 0.5) is 5.69 Å². The van der Waals surface area contributed by atoms with Gasteiger partial charge in [-0.1, -0.05) is 32.8 Å². The molecule has 1 N–H and O–H groups in total. The molecular weight excluding hydrogens is 346 g/mol. The van der Waals surface area contributed by atoms with E-state index < -0.39 is 0 Å². The highest BCUT2D eigenvalue weighted by Gasteiger charge is 2.29. The van der Waals surface area contributed by atoms with Gasteiger partial charge in [-0.2, -0.15) is 0 Å². The van der Waals surface area contributed by atoms with Gasteiger partial charge in [-0.25, -0.2) is 4.98 Å². The molecule has 150 valence electrons. The number of hydrogen-bond donors (Lipinski definition) is 1. The highest BCUT2D eigenvalue weighted by atomic mass is 16.5. The van der Waals surface area contributed by atoms with E-state index in [0.29, 0.717) is 17.7 Å². The zero-order valence-corrected chi connectivity index (χ0v) is 17.7. The summed E-state index contributed by atoms with van der Waals surface area (Å²) in [6, 6.07) is 10.5. The van der Waals surface area contributed by atoms with Crippen molar-refractivity contribution >= 4 is 11.4 Å². The summed E-state index contributed by atoms with van der Waals surface area (Å²) in [7, 11) is 1.64. The Kier molecular flexibility index (Phi) is 7.21. The third-order valence-corrected chi connectivity index (χ3v) is 5.82. The molecule has 0 spiro atoms. The third kappa shape index (κ3) is 4.79. The molecule has 0 bridgehead atoms. The van der Waals surface area contributed by atoms with Crippen LogP contribution in [-0.4, -0.2) is 30.9 Å². The Labute approximate surface area is 169 Å². The van der Waals surface area contributed by atoms with Crippen molar-refractivity contribution in [1.82, 2.24) is 10.3 Å². The molecule has 1 saturated heterocycles. The van der Waals surface area contributed by atoms with Crippen LogP contribution in [-0.2, 0) is 0 Å². The van der Waals surface area contributed by atoms with Crippen molar-refractivity contribution in [2.45, 2.75) is 46.5 Å². The van der Waals surface area contributed by atoms with Gasteiger partial charge in [0.1, 0.15) is 0 Å². The van der Waals surface area contributed by atoms with Crippen molar-refractivity contribution < 1.29 is 4.74 Å². The number of aliphatic imine (C=N–C) groups is 1. The number of unbranched alkanes of at least 4 members (excludes halogenated alkanes) is 1. The molecule has 1 aromatic carbocycles. The summed E-state index contributed by atoms with van der Waals surface area (Å²) in [5, 5.41) is 3.57. The zero-order chi connectivity index (χ0) is 19.9. The van der Waals surface area contributed by atoms with E-state index in [9.17, 15) is 0 Å². The summed E-state index contributed by atoms with van der Waals surface area (Å²) in [6.45, 7) is 8.89. The van der Waals surface area contributed by atoms with Gasteiger partial charge in [0.25, 0.3) is 0 Å². The minimum absolute atomic E-state index is 0.571. The molecule has 1 fully saturated rings. The highest BCUT2D eigenvalue weighted by Crippen LogP contribution is 2.30. The topological polar surface area (TPSA) is 46.5 Å². The van der Waals surface area contributed by atoms with E-state index in [0.717, 1.165) is 36.3 Å². The van der Waals surface area contributed by atoms with E-state index in [1.165, 1.54) is 30.5 Å². The van der Waals surface area contributed by atoms with E-state index in [1.54, 1.807) is 7.11 Å². The van der Waals surface area contributed by atoms with E-state index in [4.69, 9.17) is 9.73 Å². The number of nitrogens with one attached hydrogen (secondary N) is 1. The Morgan fingerprint density at radius 3 is 2.64 bits per heavy atom. The van der Waals surface area contributed by atoms with Crippen LogP contribution in [0, 0.1) is 18.8 Å². The number of rotatable bonds is 8. The summed E-state index contributed by atoms with van der Waals surface area (Å²) >= 11 is 0. The third-order valence-electron chi connectivity index (χ3n) is 5.82.